The van der Waals surface area contributed by atoms with Crippen molar-refractivity contribution in [3.05, 3.63) is 35.0 Å². The molecule has 0 spiro atoms. The molecular formula is C19H26N2O2. The highest BCUT2D eigenvalue weighted by atomic mass is 16.5. The van der Waals surface area contributed by atoms with Gasteiger partial charge >= 0.3 is 0 Å². The normalized spacial score (nSPS) is 15.1. The third-order valence-electron chi connectivity index (χ3n) is 4.65. The van der Waals surface area contributed by atoms with Crippen molar-refractivity contribution >= 4 is 16.8 Å². The van der Waals surface area contributed by atoms with Gasteiger partial charge in [0.05, 0.1) is 12.2 Å². The quantitative estimate of drug-likeness (QED) is 0.854. The van der Waals surface area contributed by atoms with Crippen LogP contribution in [0, 0.1) is 19.8 Å². The van der Waals surface area contributed by atoms with Crippen LogP contribution in [0.15, 0.2) is 18.2 Å². The van der Waals surface area contributed by atoms with Crippen molar-refractivity contribution in [2.75, 3.05) is 13.2 Å². The fraction of sp³-hybridized carbons (Fsp3) is 0.526. The van der Waals surface area contributed by atoms with E-state index in [1.54, 1.807) is 0 Å². The predicted molar refractivity (Wildman–Crippen MR) is 92.9 cm³/mol. The molecule has 0 aliphatic heterocycles. The number of amides is 1. The molecular weight excluding hydrogens is 288 g/mol. The zero-order chi connectivity index (χ0) is 16.6. The summed E-state index contributed by atoms with van der Waals surface area (Å²) in [7, 11) is 0. The molecule has 1 heterocycles. The first-order chi connectivity index (χ1) is 10.9. The molecule has 1 aliphatic rings. The number of hydrogen-bond acceptors (Lipinski definition) is 2. The topological polar surface area (TPSA) is 54.1 Å². The molecule has 0 unspecified atom stereocenters. The maximum atomic E-state index is 12.4. The van der Waals surface area contributed by atoms with Crippen LogP contribution in [0.4, 0.5) is 0 Å². The number of H-pyrrole nitrogens is 1. The Morgan fingerprint density at radius 1 is 1.35 bits per heavy atom. The maximum Gasteiger partial charge on any atom is 0.251 e. The first-order valence-corrected chi connectivity index (χ1v) is 8.37. The molecule has 0 saturated heterocycles. The van der Waals surface area contributed by atoms with E-state index in [0.717, 1.165) is 29.1 Å². The summed E-state index contributed by atoms with van der Waals surface area (Å²) in [6.07, 6.45) is 2.55. The summed E-state index contributed by atoms with van der Waals surface area (Å²) < 4.78 is 5.91. The number of hydrogen-bond donors (Lipinski definition) is 2. The van der Waals surface area contributed by atoms with Gasteiger partial charge in [-0.2, -0.15) is 0 Å². The second-order valence-electron chi connectivity index (χ2n) is 7.33. The van der Waals surface area contributed by atoms with Gasteiger partial charge in [0, 0.05) is 28.7 Å². The number of benzene rings is 1. The van der Waals surface area contributed by atoms with Gasteiger partial charge in [-0.15, -0.1) is 0 Å². The van der Waals surface area contributed by atoms with E-state index in [1.807, 2.05) is 32.0 Å². The lowest BCUT2D eigenvalue weighted by Gasteiger charge is -2.25. The summed E-state index contributed by atoms with van der Waals surface area (Å²) in [5, 5.41) is 4.11. The van der Waals surface area contributed by atoms with Gasteiger partial charge in [0.1, 0.15) is 0 Å². The van der Waals surface area contributed by atoms with E-state index in [1.165, 1.54) is 18.4 Å². The first-order valence-electron chi connectivity index (χ1n) is 8.37. The minimum absolute atomic E-state index is 0.0479. The lowest BCUT2D eigenvalue weighted by Crippen LogP contribution is -2.40. The van der Waals surface area contributed by atoms with Gasteiger partial charge < -0.3 is 15.0 Å². The molecule has 1 aromatic carbocycles. The van der Waals surface area contributed by atoms with Crippen molar-refractivity contribution in [2.45, 2.75) is 46.1 Å². The largest absolute Gasteiger partial charge is 0.373 e. The van der Waals surface area contributed by atoms with E-state index in [2.05, 4.69) is 24.1 Å². The Labute approximate surface area is 137 Å². The van der Waals surface area contributed by atoms with Gasteiger partial charge in [0.25, 0.3) is 5.91 Å². The van der Waals surface area contributed by atoms with Crippen molar-refractivity contribution < 1.29 is 9.53 Å². The van der Waals surface area contributed by atoms with Crippen LogP contribution in [0.2, 0.25) is 0 Å². The lowest BCUT2D eigenvalue weighted by atomic mass is 10.1. The molecule has 1 aromatic heterocycles. The number of nitrogens with one attached hydrogen (secondary N) is 2. The van der Waals surface area contributed by atoms with Crippen LogP contribution in [-0.4, -0.2) is 29.6 Å². The third kappa shape index (κ3) is 3.75. The van der Waals surface area contributed by atoms with Crippen molar-refractivity contribution in [2.24, 2.45) is 5.92 Å². The molecule has 0 atom stereocenters. The predicted octanol–water partition coefficient (Wildman–Crippen LogP) is 3.72. The van der Waals surface area contributed by atoms with Gasteiger partial charge in [-0.25, -0.2) is 0 Å². The van der Waals surface area contributed by atoms with Gasteiger partial charge in [-0.3, -0.25) is 4.79 Å². The van der Waals surface area contributed by atoms with E-state index in [9.17, 15) is 4.79 Å². The molecule has 1 amide bonds. The van der Waals surface area contributed by atoms with Crippen LogP contribution in [0.3, 0.4) is 0 Å². The fourth-order valence-corrected chi connectivity index (χ4v) is 2.68. The van der Waals surface area contributed by atoms with Crippen LogP contribution >= 0.6 is 0 Å². The number of carbonyl (C=O) groups is 1. The summed E-state index contributed by atoms with van der Waals surface area (Å²) in [5.41, 5.74) is 3.78. The molecule has 1 fully saturated rings. The zero-order valence-electron chi connectivity index (χ0n) is 14.5. The van der Waals surface area contributed by atoms with E-state index in [4.69, 9.17) is 4.74 Å². The standard InChI is InChI=1S/C19H26N2O2/c1-12-13(2)21-17-8-7-15(9-16(12)17)18(22)20-11-19(3,4)23-10-14-5-6-14/h7-9,14,21H,5-6,10-11H2,1-4H3,(H,20,22). The summed E-state index contributed by atoms with van der Waals surface area (Å²) in [5.74, 6) is 0.681. The molecule has 4 nitrogen and oxygen atoms in total. The maximum absolute atomic E-state index is 12.4. The Balaban J connectivity index is 1.64. The van der Waals surface area contributed by atoms with E-state index < -0.39 is 0 Å². The highest BCUT2D eigenvalue weighted by Gasteiger charge is 2.26. The average molecular weight is 314 g/mol. The smallest absolute Gasteiger partial charge is 0.251 e. The second kappa shape index (κ2) is 6.00. The minimum atomic E-state index is -0.330. The fourth-order valence-electron chi connectivity index (χ4n) is 2.68. The molecule has 0 bridgehead atoms. The number of aryl methyl sites for hydroxylation is 2. The van der Waals surface area contributed by atoms with Crippen LogP contribution < -0.4 is 5.32 Å². The van der Waals surface area contributed by atoms with Crippen molar-refractivity contribution in [1.29, 1.82) is 0 Å². The number of ether oxygens (including phenoxy) is 1. The van der Waals surface area contributed by atoms with Crippen LogP contribution in [0.5, 0.6) is 0 Å². The lowest BCUT2D eigenvalue weighted by molar-refractivity contribution is -0.0210. The van der Waals surface area contributed by atoms with Gasteiger partial charge in [0.15, 0.2) is 0 Å². The van der Waals surface area contributed by atoms with E-state index in [0.29, 0.717) is 12.1 Å². The molecule has 4 heteroatoms. The molecule has 124 valence electrons. The molecule has 23 heavy (non-hydrogen) atoms. The average Bonchev–Trinajstić information content (AvgIpc) is 3.30. The molecule has 2 N–H and O–H groups in total. The van der Waals surface area contributed by atoms with Crippen molar-refractivity contribution in [3.8, 4) is 0 Å². The molecule has 3 rings (SSSR count). The highest BCUT2D eigenvalue weighted by molar-refractivity contribution is 5.99. The summed E-state index contributed by atoms with van der Waals surface area (Å²) in [6, 6.07) is 5.80. The summed E-state index contributed by atoms with van der Waals surface area (Å²) in [6.45, 7) is 9.49. The van der Waals surface area contributed by atoms with Crippen molar-refractivity contribution in [3.63, 3.8) is 0 Å². The summed E-state index contributed by atoms with van der Waals surface area (Å²) in [4.78, 5) is 15.8. The molecule has 0 radical (unpaired) electrons. The number of rotatable bonds is 6. The SMILES string of the molecule is Cc1[nH]c2ccc(C(=O)NCC(C)(C)OCC3CC3)cc2c1C. The Bertz CT molecular complexity index is 726. The number of fused-ring (bicyclic) bond motifs is 1. The molecule has 1 aliphatic carbocycles. The minimum Gasteiger partial charge on any atom is -0.373 e. The highest BCUT2D eigenvalue weighted by Crippen LogP contribution is 2.30. The van der Waals surface area contributed by atoms with Gasteiger partial charge in [-0.05, 0) is 70.2 Å². The zero-order valence-corrected chi connectivity index (χ0v) is 14.5. The molecule has 2 aromatic rings. The number of carbonyl (C=O) groups excluding carboxylic acids is 1. The van der Waals surface area contributed by atoms with Crippen LogP contribution in [0.1, 0.15) is 48.3 Å². The Morgan fingerprint density at radius 3 is 2.78 bits per heavy atom. The third-order valence-corrected chi connectivity index (χ3v) is 4.65. The van der Waals surface area contributed by atoms with Crippen LogP contribution in [-0.2, 0) is 4.74 Å². The van der Waals surface area contributed by atoms with Gasteiger partial charge in [0.2, 0.25) is 0 Å². The van der Waals surface area contributed by atoms with E-state index >= 15 is 0 Å². The Hall–Kier alpha value is -1.81. The van der Waals surface area contributed by atoms with Crippen molar-refractivity contribution in [1.82, 2.24) is 10.3 Å². The first kappa shape index (κ1) is 16.1. The molecule has 1 saturated carbocycles. The summed E-state index contributed by atoms with van der Waals surface area (Å²) >= 11 is 0. The van der Waals surface area contributed by atoms with Gasteiger partial charge in [-0.1, -0.05) is 0 Å². The van der Waals surface area contributed by atoms with Crippen LogP contribution in [0.25, 0.3) is 10.9 Å². The Kier molecular flexibility index (Phi) is 4.19. The number of aromatic amines is 1. The van der Waals surface area contributed by atoms with E-state index in [-0.39, 0.29) is 11.5 Å². The monoisotopic (exact) mass is 314 g/mol. The number of aromatic nitrogens is 1. The Morgan fingerprint density at radius 2 is 2.09 bits per heavy atom. The second-order valence-corrected chi connectivity index (χ2v) is 7.33.